The molecule has 1 saturated carbocycles. The van der Waals surface area contributed by atoms with Crippen LogP contribution in [0.15, 0.2) is 24.3 Å². The number of nitrogens with one attached hydrogen (secondary N) is 1. The van der Waals surface area contributed by atoms with Crippen molar-refractivity contribution < 1.29 is 14.6 Å². The van der Waals surface area contributed by atoms with Crippen LogP contribution in [0.2, 0.25) is 0 Å². The summed E-state index contributed by atoms with van der Waals surface area (Å²) in [6.45, 7) is 0.896. The van der Waals surface area contributed by atoms with Crippen LogP contribution in [0.5, 0.6) is 5.75 Å². The fourth-order valence-corrected chi connectivity index (χ4v) is 3.16. The number of hydrogen-bond donors (Lipinski definition) is 2. The number of fused-ring (bicyclic) bond motifs is 1. The van der Waals surface area contributed by atoms with Gasteiger partial charge in [-0.05, 0) is 42.2 Å². The Labute approximate surface area is 124 Å². The fraction of sp³-hybridized carbons (Fsp3) is 0.471. The summed E-state index contributed by atoms with van der Waals surface area (Å²) in [5, 5.41) is 12.3. The Morgan fingerprint density at radius 2 is 2.33 bits per heavy atom. The summed E-state index contributed by atoms with van der Waals surface area (Å²) in [6, 6.07) is 6.09. The number of aliphatic hydroxyl groups is 1. The first kappa shape index (κ1) is 14.1. The number of amides is 1. The highest BCUT2D eigenvalue weighted by molar-refractivity contribution is 5.92. The molecule has 112 valence electrons. The highest BCUT2D eigenvalue weighted by atomic mass is 16.5. The van der Waals surface area contributed by atoms with Gasteiger partial charge in [0.05, 0.1) is 6.61 Å². The van der Waals surface area contributed by atoms with Crippen molar-refractivity contribution in [1.29, 1.82) is 0 Å². The van der Waals surface area contributed by atoms with Crippen molar-refractivity contribution in [1.82, 2.24) is 5.32 Å². The van der Waals surface area contributed by atoms with Gasteiger partial charge in [-0.1, -0.05) is 12.5 Å². The Balaban J connectivity index is 1.59. The van der Waals surface area contributed by atoms with E-state index in [0.29, 0.717) is 0 Å². The van der Waals surface area contributed by atoms with Gasteiger partial charge in [-0.25, -0.2) is 0 Å². The number of hydrogen-bond acceptors (Lipinski definition) is 3. The zero-order valence-corrected chi connectivity index (χ0v) is 12.0. The van der Waals surface area contributed by atoms with E-state index in [1.807, 2.05) is 18.2 Å². The van der Waals surface area contributed by atoms with Crippen molar-refractivity contribution in [3.8, 4) is 5.75 Å². The second-order valence-electron chi connectivity index (χ2n) is 5.79. The molecule has 0 saturated heterocycles. The van der Waals surface area contributed by atoms with E-state index in [0.717, 1.165) is 43.6 Å². The van der Waals surface area contributed by atoms with E-state index < -0.39 is 0 Å². The maximum absolute atomic E-state index is 12.0. The van der Waals surface area contributed by atoms with Crippen molar-refractivity contribution in [2.75, 3.05) is 13.2 Å². The monoisotopic (exact) mass is 287 g/mol. The molecule has 0 spiro atoms. The standard InChI is InChI=1S/C17H21NO3/c19-11-14-2-1-3-15(14)18-17(20)7-5-12-4-6-16-13(10-12)8-9-21-16/h4-7,10,14-15,19H,1-3,8-9,11H2,(H,18,20)/b7-5+. The van der Waals surface area contributed by atoms with E-state index in [1.54, 1.807) is 6.08 Å². The summed E-state index contributed by atoms with van der Waals surface area (Å²) in [4.78, 5) is 12.0. The number of rotatable bonds is 4. The summed E-state index contributed by atoms with van der Waals surface area (Å²) in [7, 11) is 0. The average molecular weight is 287 g/mol. The Morgan fingerprint density at radius 1 is 1.43 bits per heavy atom. The maximum atomic E-state index is 12.0. The second kappa shape index (κ2) is 6.31. The van der Waals surface area contributed by atoms with Crippen LogP contribution >= 0.6 is 0 Å². The molecule has 0 radical (unpaired) electrons. The van der Waals surface area contributed by atoms with Crippen LogP contribution in [0.3, 0.4) is 0 Å². The highest BCUT2D eigenvalue weighted by Crippen LogP contribution is 2.26. The summed E-state index contributed by atoms with van der Waals surface area (Å²) in [5.41, 5.74) is 2.22. The van der Waals surface area contributed by atoms with Gasteiger partial charge in [0.15, 0.2) is 0 Å². The van der Waals surface area contributed by atoms with Crippen molar-refractivity contribution in [2.24, 2.45) is 5.92 Å². The van der Waals surface area contributed by atoms with Crippen LogP contribution in [0.1, 0.15) is 30.4 Å². The predicted molar refractivity (Wildman–Crippen MR) is 81.0 cm³/mol. The van der Waals surface area contributed by atoms with Crippen LogP contribution < -0.4 is 10.1 Å². The lowest BCUT2D eigenvalue weighted by Gasteiger charge is -2.17. The van der Waals surface area contributed by atoms with E-state index >= 15 is 0 Å². The van der Waals surface area contributed by atoms with Crippen molar-refractivity contribution in [3.63, 3.8) is 0 Å². The van der Waals surface area contributed by atoms with Gasteiger partial charge in [-0.3, -0.25) is 4.79 Å². The van der Waals surface area contributed by atoms with E-state index in [9.17, 15) is 9.90 Å². The van der Waals surface area contributed by atoms with Gasteiger partial charge in [0.25, 0.3) is 0 Å². The highest BCUT2D eigenvalue weighted by Gasteiger charge is 2.27. The Hall–Kier alpha value is -1.81. The lowest BCUT2D eigenvalue weighted by Crippen LogP contribution is -2.37. The molecule has 0 aromatic heterocycles. The molecule has 21 heavy (non-hydrogen) atoms. The quantitative estimate of drug-likeness (QED) is 0.832. The first-order valence-corrected chi connectivity index (χ1v) is 7.61. The Morgan fingerprint density at radius 3 is 3.19 bits per heavy atom. The molecule has 1 heterocycles. The third-order valence-electron chi connectivity index (χ3n) is 4.36. The molecule has 4 nitrogen and oxygen atoms in total. The van der Waals surface area contributed by atoms with Crippen LogP contribution in [0, 0.1) is 5.92 Å². The minimum Gasteiger partial charge on any atom is -0.493 e. The second-order valence-corrected chi connectivity index (χ2v) is 5.79. The summed E-state index contributed by atoms with van der Waals surface area (Å²) in [6.07, 6.45) is 7.37. The lowest BCUT2D eigenvalue weighted by atomic mass is 10.1. The average Bonchev–Trinajstić information content (AvgIpc) is 3.12. The molecule has 0 bridgehead atoms. The maximum Gasteiger partial charge on any atom is 0.244 e. The Kier molecular flexibility index (Phi) is 4.25. The third-order valence-corrected chi connectivity index (χ3v) is 4.36. The van der Waals surface area contributed by atoms with E-state index in [-0.39, 0.29) is 24.5 Å². The van der Waals surface area contributed by atoms with Gasteiger partial charge < -0.3 is 15.2 Å². The molecular formula is C17H21NO3. The predicted octanol–water partition coefficient (Wildman–Crippen LogP) is 1.91. The molecule has 4 heteroatoms. The first-order chi connectivity index (χ1) is 10.3. The molecule has 1 aromatic carbocycles. The first-order valence-electron chi connectivity index (χ1n) is 7.61. The fourth-order valence-electron chi connectivity index (χ4n) is 3.16. The summed E-state index contributed by atoms with van der Waals surface area (Å²) < 4.78 is 5.46. The van der Waals surface area contributed by atoms with E-state index in [4.69, 9.17) is 4.74 Å². The number of aliphatic hydroxyl groups excluding tert-OH is 1. The molecule has 3 rings (SSSR count). The molecular weight excluding hydrogens is 266 g/mol. The van der Waals surface area contributed by atoms with Crippen molar-refractivity contribution in [3.05, 3.63) is 35.4 Å². The van der Waals surface area contributed by atoms with Gasteiger partial charge in [0.1, 0.15) is 5.75 Å². The van der Waals surface area contributed by atoms with Crippen LogP contribution in [0.25, 0.3) is 6.08 Å². The normalized spacial score (nSPS) is 24.0. The summed E-state index contributed by atoms with van der Waals surface area (Å²) in [5.74, 6) is 1.07. The summed E-state index contributed by atoms with van der Waals surface area (Å²) >= 11 is 0. The number of ether oxygens (including phenoxy) is 1. The van der Waals surface area contributed by atoms with Crippen LogP contribution in [-0.2, 0) is 11.2 Å². The molecule has 1 fully saturated rings. The van der Waals surface area contributed by atoms with Gasteiger partial charge in [-0.2, -0.15) is 0 Å². The third kappa shape index (κ3) is 3.27. The van der Waals surface area contributed by atoms with Gasteiger partial charge in [0, 0.05) is 31.1 Å². The Bertz CT molecular complexity index is 553. The topological polar surface area (TPSA) is 58.6 Å². The lowest BCUT2D eigenvalue weighted by molar-refractivity contribution is -0.117. The van der Waals surface area contributed by atoms with Gasteiger partial charge in [-0.15, -0.1) is 0 Å². The smallest absolute Gasteiger partial charge is 0.244 e. The zero-order valence-electron chi connectivity index (χ0n) is 12.0. The number of carbonyl (C=O) groups is 1. The van der Waals surface area contributed by atoms with E-state index in [2.05, 4.69) is 11.4 Å². The van der Waals surface area contributed by atoms with Crippen LogP contribution in [0.4, 0.5) is 0 Å². The van der Waals surface area contributed by atoms with Crippen molar-refractivity contribution in [2.45, 2.75) is 31.7 Å². The molecule has 2 N–H and O–H groups in total. The molecule has 1 aliphatic heterocycles. The van der Waals surface area contributed by atoms with Crippen LogP contribution in [-0.4, -0.2) is 30.3 Å². The minimum absolute atomic E-state index is 0.0860. The van der Waals surface area contributed by atoms with Gasteiger partial charge in [0.2, 0.25) is 5.91 Å². The zero-order chi connectivity index (χ0) is 14.7. The molecule has 2 unspecified atom stereocenters. The minimum atomic E-state index is -0.0860. The van der Waals surface area contributed by atoms with Gasteiger partial charge >= 0.3 is 0 Å². The largest absolute Gasteiger partial charge is 0.493 e. The number of benzene rings is 1. The SMILES string of the molecule is O=C(/C=C/c1ccc2c(c1)CCO2)NC1CCCC1CO. The van der Waals surface area contributed by atoms with Crippen molar-refractivity contribution >= 4 is 12.0 Å². The van der Waals surface area contributed by atoms with E-state index in [1.165, 1.54) is 5.56 Å². The molecule has 1 aliphatic carbocycles. The molecule has 2 atom stereocenters. The molecule has 1 amide bonds. The molecule has 2 aliphatic rings. The molecule has 1 aromatic rings. The number of carbonyl (C=O) groups excluding carboxylic acids is 1.